The Morgan fingerprint density at radius 3 is 2.39 bits per heavy atom. The molecule has 10 heteroatoms. The predicted molar refractivity (Wildman–Crippen MR) is 148 cm³/mol. The largest absolute Gasteiger partial charge is 0.486 e. The Hall–Kier alpha value is -3.27. The molecule has 0 radical (unpaired) electrons. The number of carbonyl (C=O) groups excluding carboxylic acids is 2. The number of nitrogens with one attached hydrogen (secondary N) is 1. The van der Waals surface area contributed by atoms with Crippen LogP contribution in [-0.2, 0) is 26.2 Å². The minimum absolute atomic E-state index is 0.0539. The Bertz CT molecular complexity index is 1230. The van der Waals surface area contributed by atoms with Gasteiger partial charge < -0.3 is 19.7 Å². The zero-order chi connectivity index (χ0) is 27.9. The third-order valence-electron chi connectivity index (χ3n) is 6.22. The lowest BCUT2D eigenvalue weighted by atomic mass is 10.1. The molecule has 0 aromatic heterocycles. The number of aryl methyl sites for hydroxylation is 1. The molecule has 2 aromatic carbocycles. The topological polar surface area (TPSA) is 105 Å². The molecule has 0 spiro atoms. The number of nitrogens with zero attached hydrogens (tertiary/aromatic N) is 2. The quantitative estimate of drug-likeness (QED) is 0.437. The molecule has 0 bridgehead atoms. The summed E-state index contributed by atoms with van der Waals surface area (Å²) in [5.74, 6) is 0.663. The molecule has 2 aromatic rings. The van der Waals surface area contributed by atoms with E-state index in [0.717, 1.165) is 17.4 Å². The van der Waals surface area contributed by atoms with E-state index in [-0.39, 0.29) is 37.2 Å². The standard InChI is InChI=1S/C28H39N3O6S/c1-6-24(28(33)29-20(2)3)30(19-22-10-7-9-21(4)17-22)27(32)11-8-14-31(38(5,34)35)23-12-13-25-26(18-23)37-16-15-36-25/h7,9-10,12-13,17-18,20,24H,6,8,11,14-16,19H2,1-5H3,(H,29,33)/t24-/m1/s1. The summed E-state index contributed by atoms with van der Waals surface area (Å²) in [7, 11) is -3.62. The van der Waals surface area contributed by atoms with E-state index < -0.39 is 16.1 Å². The normalized spacial score (nSPS) is 13.6. The summed E-state index contributed by atoms with van der Waals surface area (Å²) < 4.78 is 37.7. The number of ether oxygens (including phenoxy) is 2. The molecule has 1 N–H and O–H groups in total. The van der Waals surface area contributed by atoms with Crippen molar-refractivity contribution in [2.45, 2.75) is 65.6 Å². The van der Waals surface area contributed by atoms with Crippen LogP contribution in [0.4, 0.5) is 5.69 Å². The molecule has 9 nitrogen and oxygen atoms in total. The fourth-order valence-corrected chi connectivity index (χ4v) is 5.46. The van der Waals surface area contributed by atoms with Gasteiger partial charge in [-0.2, -0.15) is 0 Å². The molecule has 38 heavy (non-hydrogen) atoms. The van der Waals surface area contributed by atoms with Gasteiger partial charge >= 0.3 is 0 Å². The van der Waals surface area contributed by atoms with Gasteiger partial charge in [0.25, 0.3) is 0 Å². The second-order valence-corrected chi connectivity index (χ2v) is 11.8. The second-order valence-electron chi connectivity index (χ2n) is 9.86. The van der Waals surface area contributed by atoms with Crippen LogP contribution in [0.25, 0.3) is 0 Å². The first-order valence-electron chi connectivity index (χ1n) is 13.0. The number of amides is 2. The average molecular weight is 546 g/mol. The Labute approximate surface area is 226 Å². The summed E-state index contributed by atoms with van der Waals surface area (Å²) in [5.41, 5.74) is 2.45. The molecular formula is C28H39N3O6S. The van der Waals surface area contributed by atoms with Gasteiger partial charge in [0.15, 0.2) is 11.5 Å². The van der Waals surface area contributed by atoms with Gasteiger partial charge in [-0.25, -0.2) is 8.42 Å². The molecule has 1 atom stereocenters. The van der Waals surface area contributed by atoms with Crippen LogP contribution in [0.2, 0.25) is 0 Å². The van der Waals surface area contributed by atoms with Gasteiger partial charge in [-0.05, 0) is 51.3 Å². The molecule has 0 saturated carbocycles. The molecule has 1 aliphatic heterocycles. The van der Waals surface area contributed by atoms with Crippen LogP contribution in [0.15, 0.2) is 42.5 Å². The van der Waals surface area contributed by atoms with Gasteiger partial charge in [0.05, 0.1) is 11.9 Å². The summed E-state index contributed by atoms with van der Waals surface area (Å²) in [6.07, 6.45) is 1.97. The van der Waals surface area contributed by atoms with E-state index in [4.69, 9.17) is 9.47 Å². The summed E-state index contributed by atoms with van der Waals surface area (Å²) in [6, 6.07) is 12.2. The highest BCUT2D eigenvalue weighted by Crippen LogP contribution is 2.34. The number of benzene rings is 2. The fraction of sp³-hybridized carbons (Fsp3) is 0.500. The van der Waals surface area contributed by atoms with Gasteiger partial charge in [0.2, 0.25) is 21.8 Å². The smallest absolute Gasteiger partial charge is 0.243 e. The van der Waals surface area contributed by atoms with Crippen LogP contribution in [0, 0.1) is 6.92 Å². The van der Waals surface area contributed by atoms with Gasteiger partial charge in [-0.1, -0.05) is 36.8 Å². The van der Waals surface area contributed by atoms with Gasteiger partial charge in [-0.15, -0.1) is 0 Å². The second kappa shape index (κ2) is 13.0. The SMILES string of the molecule is CC[C@H](C(=O)NC(C)C)N(Cc1cccc(C)c1)C(=O)CCCN(c1ccc2c(c1)OCCO2)S(C)(=O)=O. The highest BCUT2D eigenvalue weighted by atomic mass is 32.2. The molecule has 3 rings (SSSR count). The minimum Gasteiger partial charge on any atom is -0.486 e. The Kier molecular flexibility index (Phi) is 10.0. The van der Waals surface area contributed by atoms with Crippen molar-refractivity contribution >= 4 is 27.5 Å². The summed E-state index contributed by atoms with van der Waals surface area (Å²) in [5, 5.41) is 2.92. The summed E-state index contributed by atoms with van der Waals surface area (Å²) in [4.78, 5) is 28.1. The Morgan fingerprint density at radius 2 is 1.76 bits per heavy atom. The number of carbonyl (C=O) groups is 2. The predicted octanol–water partition coefficient (Wildman–Crippen LogP) is 3.64. The molecular weight excluding hydrogens is 506 g/mol. The van der Waals surface area contributed by atoms with Crippen molar-refractivity contribution in [3.63, 3.8) is 0 Å². The van der Waals surface area contributed by atoms with Crippen molar-refractivity contribution in [3.8, 4) is 11.5 Å². The molecule has 0 unspecified atom stereocenters. The van der Waals surface area contributed by atoms with Crippen molar-refractivity contribution in [3.05, 3.63) is 53.6 Å². The van der Waals surface area contributed by atoms with E-state index in [1.54, 1.807) is 23.1 Å². The van der Waals surface area contributed by atoms with Crippen LogP contribution in [0.1, 0.15) is 51.2 Å². The lowest BCUT2D eigenvalue weighted by Crippen LogP contribution is -2.50. The van der Waals surface area contributed by atoms with Crippen LogP contribution in [-0.4, -0.2) is 63.2 Å². The number of hydrogen-bond donors (Lipinski definition) is 1. The highest BCUT2D eigenvalue weighted by molar-refractivity contribution is 7.92. The summed E-state index contributed by atoms with van der Waals surface area (Å²) in [6.45, 7) is 8.87. The number of hydrogen-bond acceptors (Lipinski definition) is 6. The molecule has 2 amide bonds. The molecule has 1 aliphatic rings. The Morgan fingerprint density at radius 1 is 1.05 bits per heavy atom. The van der Waals surface area contributed by atoms with Crippen LogP contribution in [0.5, 0.6) is 11.5 Å². The van der Waals surface area contributed by atoms with Crippen LogP contribution >= 0.6 is 0 Å². The molecule has 0 aliphatic carbocycles. The summed E-state index contributed by atoms with van der Waals surface area (Å²) >= 11 is 0. The van der Waals surface area contributed by atoms with Crippen LogP contribution in [0.3, 0.4) is 0 Å². The van der Waals surface area contributed by atoms with E-state index in [1.807, 2.05) is 52.0 Å². The number of fused-ring (bicyclic) bond motifs is 1. The lowest BCUT2D eigenvalue weighted by Gasteiger charge is -2.31. The fourth-order valence-electron chi connectivity index (χ4n) is 4.50. The van der Waals surface area contributed by atoms with E-state index >= 15 is 0 Å². The van der Waals surface area contributed by atoms with E-state index in [2.05, 4.69) is 5.32 Å². The van der Waals surface area contributed by atoms with Crippen molar-refractivity contribution in [2.75, 3.05) is 30.3 Å². The maximum absolute atomic E-state index is 13.5. The van der Waals surface area contributed by atoms with E-state index in [0.29, 0.717) is 43.4 Å². The van der Waals surface area contributed by atoms with Crippen molar-refractivity contribution in [1.29, 1.82) is 0 Å². The van der Waals surface area contributed by atoms with Gasteiger partial charge in [0, 0.05) is 31.6 Å². The Balaban J connectivity index is 1.77. The molecule has 0 fully saturated rings. The molecule has 208 valence electrons. The minimum atomic E-state index is -3.62. The number of anilines is 1. The first-order chi connectivity index (χ1) is 18.0. The number of rotatable bonds is 12. The van der Waals surface area contributed by atoms with Gasteiger partial charge in [-0.3, -0.25) is 13.9 Å². The van der Waals surface area contributed by atoms with Crippen LogP contribution < -0.4 is 19.1 Å². The van der Waals surface area contributed by atoms with Crippen molar-refractivity contribution < 1.29 is 27.5 Å². The maximum Gasteiger partial charge on any atom is 0.243 e. The number of sulfonamides is 1. The van der Waals surface area contributed by atoms with E-state index in [9.17, 15) is 18.0 Å². The van der Waals surface area contributed by atoms with Gasteiger partial charge in [0.1, 0.15) is 19.3 Å². The van der Waals surface area contributed by atoms with Crippen molar-refractivity contribution in [1.82, 2.24) is 10.2 Å². The first kappa shape index (κ1) is 29.3. The zero-order valence-electron chi connectivity index (χ0n) is 22.9. The highest BCUT2D eigenvalue weighted by Gasteiger charge is 2.29. The maximum atomic E-state index is 13.5. The first-order valence-corrected chi connectivity index (χ1v) is 14.9. The average Bonchev–Trinajstić information content (AvgIpc) is 2.85. The third-order valence-corrected chi connectivity index (χ3v) is 7.41. The monoisotopic (exact) mass is 545 g/mol. The van der Waals surface area contributed by atoms with E-state index in [1.165, 1.54) is 4.31 Å². The lowest BCUT2D eigenvalue weighted by molar-refractivity contribution is -0.141. The third kappa shape index (κ3) is 7.86. The molecule has 1 heterocycles. The molecule has 0 saturated heterocycles. The zero-order valence-corrected chi connectivity index (χ0v) is 23.7. The van der Waals surface area contributed by atoms with Crippen molar-refractivity contribution in [2.24, 2.45) is 0 Å².